The Morgan fingerprint density at radius 2 is 1.73 bits per heavy atom. The topological polar surface area (TPSA) is 83.0 Å². The first-order valence-electron chi connectivity index (χ1n) is 14.9. The summed E-state index contributed by atoms with van der Waals surface area (Å²) in [6.07, 6.45) is 10.5. The lowest BCUT2D eigenvalue weighted by Crippen LogP contribution is -2.47. The van der Waals surface area contributed by atoms with Crippen LogP contribution in [-0.4, -0.2) is 53.1 Å². The summed E-state index contributed by atoms with van der Waals surface area (Å²) in [7, 11) is 4.05. The number of ether oxygens (including phenoxy) is 1. The largest absolute Gasteiger partial charge is 0.489 e. The van der Waals surface area contributed by atoms with Crippen molar-refractivity contribution < 1.29 is 19.4 Å². The number of hydrogen-bond acceptors (Lipinski definition) is 6. The lowest BCUT2D eigenvalue weighted by Gasteiger charge is -2.39. The molecule has 0 unspecified atom stereocenters. The van der Waals surface area contributed by atoms with Crippen LogP contribution in [0.1, 0.15) is 99.2 Å². The number of anilines is 1. The third-order valence-corrected chi connectivity index (χ3v) is 8.94. The van der Waals surface area contributed by atoms with E-state index in [0.717, 1.165) is 69.2 Å². The Bertz CT molecular complexity index is 1270. The van der Waals surface area contributed by atoms with Gasteiger partial charge in [0.25, 0.3) is 0 Å². The molecule has 8 heteroatoms. The Balaban J connectivity index is 1.57. The molecule has 2 fully saturated rings. The van der Waals surface area contributed by atoms with Crippen molar-refractivity contribution >= 4 is 28.9 Å². The first-order chi connectivity index (χ1) is 19.4. The molecule has 2 aliphatic carbocycles. The van der Waals surface area contributed by atoms with Crippen molar-refractivity contribution in [3.8, 4) is 17.6 Å². The molecule has 0 aliphatic heterocycles. The monoisotopic (exact) mass is 579 g/mol. The summed E-state index contributed by atoms with van der Waals surface area (Å²) >= 11 is 1.17. The van der Waals surface area contributed by atoms with Gasteiger partial charge in [-0.05, 0) is 110 Å². The summed E-state index contributed by atoms with van der Waals surface area (Å²) in [6.45, 7) is 9.13. The van der Waals surface area contributed by atoms with Gasteiger partial charge >= 0.3 is 5.97 Å². The Labute approximate surface area is 249 Å². The molecule has 1 N–H and O–H groups in total. The van der Waals surface area contributed by atoms with Gasteiger partial charge in [0.1, 0.15) is 10.6 Å². The second-order valence-corrected chi connectivity index (χ2v) is 14.2. The number of carboxylic acid groups (broad SMARTS) is 1. The van der Waals surface area contributed by atoms with Crippen molar-refractivity contribution in [2.75, 3.05) is 19.0 Å². The van der Waals surface area contributed by atoms with Gasteiger partial charge in [-0.25, -0.2) is 4.79 Å². The molecule has 0 saturated heterocycles. The number of nitrogens with zero attached hydrogens (tertiary/aromatic N) is 3. The maximum absolute atomic E-state index is 14.2. The smallest absolute Gasteiger partial charge is 0.348 e. The Morgan fingerprint density at radius 1 is 1.05 bits per heavy atom. The zero-order valence-electron chi connectivity index (χ0n) is 25.4. The molecule has 1 amide bonds. The van der Waals surface area contributed by atoms with Crippen LogP contribution < -0.4 is 9.64 Å². The highest BCUT2D eigenvalue weighted by Gasteiger charge is 2.37. The minimum atomic E-state index is -1.01. The minimum Gasteiger partial charge on any atom is -0.489 e. The van der Waals surface area contributed by atoms with E-state index in [9.17, 15) is 14.7 Å². The molecule has 41 heavy (non-hydrogen) atoms. The molecule has 2 heterocycles. The molecule has 7 nitrogen and oxygen atoms in total. The van der Waals surface area contributed by atoms with E-state index >= 15 is 0 Å². The molecule has 222 valence electrons. The number of pyridine rings is 1. The summed E-state index contributed by atoms with van der Waals surface area (Å²) in [5, 5.41) is 10.2. The van der Waals surface area contributed by atoms with E-state index in [1.54, 1.807) is 6.20 Å². The van der Waals surface area contributed by atoms with Crippen LogP contribution in [-0.2, 0) is 11.3 Å². The quantitative estimate of drug-likeness (QED) is 0.345. The normalized spacial score (nSPS) is 23.0. The number of thiophene rings is 1. The predicted molar refractivity (Wildman–Crippen MR) is 165 cm³/mol. The number of amides is 1. The van der Waals surface area contributed by atoms with Crippen molar-refractivity contribution in [3.63, 3.8) is 0 Å². The summed E-state index contributed by atoms with van der Waals surface area (Å²) in [4.78, 5) is 35.8. The lowest BCUT2D eigenvalue weighted by molar-refractivity contribution is -0.124. The predicted octanol–water partition coefficient (Wildman–Crippen LogP) is 6.85. The van der Waals surface area contributed by atoms with Gasteiger partial charge in [0.15, 0.2) is 0 Å². The molecule has 0 atom stereocenters. The minimum absolute atomic E-state index is 0.0322. The van der Waals surface area contributed by atoms with Crippen LogP contribution in [0, 0.1) is 29.1 Å². The summed E-state index contributed by atoms with van der Waals surface area (Å²) in [6, 6.07) is 3.81. The van der Waals surface area contributed by atoms with E-state index < -0.39 is 5.97 Å². The molecule has 2 aromatic heterocycles. The number of carboxylic acids is 1. The number of rotatable bonds is 8. The molecule has 4 rings (SSSR count). The highest BCUT2D eigenvalue weighted by molar-refractivity contribution is 7.15. The molecule has 2 aliphatic rings. The summed E-state index contributed by atoms with van der Waals surface area (Å²) < 4.78 is 6.33. The van der Waals surface area contributed by atoms with Crippen LogP contribution >= 0.6 is 11.3 Å². The van der Waals surface area contributed by atoms with Crippen molar-refractivity contribution in [1.29, 1.82) is 0 Å². The second kappa shape index (κ2) is 13.4. The number of aromatic carboxylic acids is 1. The van der Waals surface area contributed by atoms with E-state index in [4.69, 9.17) is 4.74 Å². The zero-order valence-corrected chi connectivity index (χ0v) is 26.2. The fraction of sp³-hybridized carbons (Fsp3) is 0.606. The maximum atomic E-state index is 14.2. The van der Waals surface area contributed by atoms with Crippen molar-refractivity contribution in [1.82, 2.24) is 9.88 Å². The average Bonchev–Trinajstić information content (AvgIpc) is 3.33. The van der Waals surface area contributed by atoms with Crippen LogP contribution in [0.3, 0.4) is 0 Å². The Hall–Kier alpha value is -2.89. The third-order valence-electron chi connectivity index (χ3n) is 7.91. The number of carbonyl (C=O) groups is 2. The summed E-state index contributed by atoms with van der Waals surface area (Å²) in [5.74, 6) is 6.77. The first kappa shape index (κ1) is 31.1. The molecule has 0 radical (unpaired) electrons. The van der Waals surface area contributed by atoms with E-state index in [1.165, 1.54) is 11.3 Å². The van der Waals surface area contributed by atoms with Gasteiger partial charge in [-0.1, -0.05) is 18.8 Å². The van der Waals surface area contributed by atoms with Crippen molar-refractivity contribution in [3.05, 3.63) is 39.8 Å². The van der Waals surface area contributed by atoms with Crippen LogP contribution in [0.5, 0.6) is 5.75 Å². The van der Waals surface area contributed by atoms with Crippen LogP contribution in [0.2, 0.25) is 0 Å². The van der Waals surface area contributed by atoms with Gasteiger partial charge in [0.2, 0.25) is 5.91 Å². The lowest BCUT2D eigenvalue weighted by atomic mass is 9.81. The fourth-order valence-electron chi connectivity index (χ4n) is 5.82. The van der Waals surface area contributed by atoms with Gasteiger partial charge in [0.05, 0.1) is 22.9 Å². The summed E-state index contributed by atoms with van der Waals surface area (Å²) in [5.41, 5.74) is 1.40. The molecule has 2 saturated carbocycles. The molecule has 2 aromatic rings. The van der Waals surface area contributed by atoms with Gasteiger partial charge in [0, 0.05) is 30.1 Å². The number of hydrogen-bond donors (Lipinski definition) is 1. The van der Waals surface area contributed by atoms with Crippen molar-refractivity contribution in [2.45, 2.75) is 97.8 Å². The molecule has 0 aromatic carbocycles. The number of carbonyl (C=O) groups excluding carboxylic acids is 1. The van der Waals surface area contributed by atoms with Crippen LogP contribution in [0.15, 0.2) is 24.5 Å². The van der Waals surface area contributed by atoms with E-state index in [-0.39, 0.29) is 34.3 Å². The standard InChI is InChI=1S/C33H45N3O4S/c1-22-7-9-24(10-8-22)31(37)36(29-18-28(15-16-33(2,3)4)41-30(29)32(38)39)25-11-13-26(14-12-25)40-27-17-23(19-34-20-27)21-35(5)6/h17-20,22,24-26H,7-14,21H2,1-6H3,(H,38,39)/t22?,24?,25-,26-. The Morgan fingerprint density at radius 3 is 2.34 bits per heavy atom. The van der Waals surface area contributed by atoms with Crippen LogP contribution in [0.4, 0.5) is 5.69 Å². The SMILES string of the molecule is CC1CCC(C(=O)N(c2cc(C#CC(C)(C)C)sc2C(=O)O)[C@H]2CC[C@H](Oc3cncc(CN(C)C)c3)CC2)CC1. The van der Waals surface area contributed by atoms with Gasteiger partial charge in [-0.15, -0.1) is 11.3 Å². The van der Waals surface area contributed by atoms with Gasteiger partial charge < -0.3 is 19.6 Å². The zero-order chi connectivity index (χ0) is 29.7. The van der Waals surface area contributed by atoms with Crippen molar-refractivity contribution in [2.24, 2.45) is 17.3 Å². The first-order valence-corrected chi connectivity index (χ1v) is 15.7. The molecule has 0 spiro atoms. The third kappa shape index (κ3) is 8.56. The highest BCUT2D eigenvalue weighted by Crippen LogP contribution is 2.39. The second-order valence-electron chi connectivity index (χ2n) is 13.1. The fourth-order valence-corrected chi connectivity index (χ4v) is 6.66. The Kier molecular flexibility index (Phi) is 10.1. The number of aromatic nitrogens is 1. The van der Waals surface area contributed by atoms with Crippen LogP contribution in [0.25, 0.3) is 0 Å². The molecular formula is C33H45N3O4S. The van der Waals surface area contributed by atoms with E-state index in [2.05, 4.69) is 28.6 Å². The van der Waals surface area contributed by atoms with Gasteiger partial charge in [-0.2, -0.15) is 0 Å². The molecule has 0 bridgehead atoms. The van der Waals surface area contributed by atoms with E-state index in [0.29, 0.717) is 16.5 Å². The average molecular weight is 580 g/mol. The highest BCUT2D eigenvalue weighted by atomic mass is 32.1. The maximum Gasteiger partial charge on any atom is 0.348 e. The van der Waals surface area contributed by atoms with Gasteiger partial charge in [-0.3, -0.25) is 9.78 Å². The molecular weight excluding hydrogens is 534 g/mol. The van der Waals surface area contributed by atoms with E-state index in [1.807, 2.05) is 58.1 Å².